The normalized spacial score (nSPS) is 10.5. The van der Waals surface area contributed by atoms with Gasteiger partial charge in [-0.2, -0.15) is 0 Å². The number of nitrogens with one attached hydrogen (secondary N) is 1. The lowest BCUT2D eigenvalue weighted by atomic mass is 10.2. The summed E-state index contributed by atoms with van der Waals surface area (Å²) in [5.74, 6) is -0.248. The smallest absolute Gasteiger partial charge is 0.231 e. The van der Waals surface area contributed by atoms with E-state index < -0.39 is 0 Å². The van der Waals surface area contributed by atoms with E-state index in [1.54, 1.807) is 23.5 Å². The van der Waals surface area contributed by atoms with Crippen LogP contribution in [0.5, 0.6) is 0 Å². The number of aromatic nitrogens is 1. The van der Waals surface area contributed by atoms with Crippen LogP contribution in [0, 0.1) is 5.82 Å². The van der Waals surface area contributed by atoms with E-state index in [0.29, 0.717) is 11.6 Å². The lowest BCUT2D eigenvalue weighted by molar-refractivity contribution is -0.657. The lowest BCUT2D eigenvalue weighted by Crippen LogP contribution is -2.35. The van der Waals surface area contributed by atoms with E-state index in [1.165, 1.54) is 12.1 Å². The van der Waals surface area contributed by atoms with E-state index in [4.69, 9.17) is 11.6 Å². The molecule has 2 aromatic carbocycles. The fourth-order valence-electron chi connectivity index (χ4n) is 2.26. The van der Waals surface area contributed by atoms with Crippen LogP contribution in [0.15, 0.2) is 66.6 Å². The molecule has 0 amide bonds. The molecule has 116 valence electrons. The molecule has 1 aromatic heterocycles. The molecule has 0 radical (unpaired) electrons. The van der Waals surface area contributed by atoms with Crippen LogP contribution in [0.2, 0.25) is 5.02 Å². The van der Waals surface area contributed by atoms with Crippen molar-refractivity contribution in [1.29, 1.82) is 0 Å². The maximum absolute atomic E-state index is 13.0. The van der Waals surface area contributed by atoms with E-state index >= 15 is 0 Å². The van der Waals surface area contributed by atoms with Gasteiger partial charge in [-0.25, -0.2) is 14.3 Å². The van der Waals surface area contributed by atoms with Crippen LogP contribution >= 0.6 is 22.9 Å². The van der Waals surface area contributed by atoms with Gasteiger partial charge in [-0.05, 0) is 48.5 Å². The molecule has 2 nitrogen and oxygen atoms in total. The molecule has 0 bridgehead atoms. The van der Waals surface area contributed by atoms with Crippen LogP contribution < -0.4 is 9.88 Å². The molecule has 0 aliphatic heterocycles. The summed E-state index contributed by atoms with van der Waals surface area (Å²) in [4.78, 5) is 0. The third-order valence-electron chi connectivity index (χ3n) is 3.37. The van der Waals surface area contributed by atoms with Gasteiger partial charge in [-0.1, -0.05) is 35.6 Å². The van der Waals surface area contributed by atoms with Crippen LogP contribution in [-0.4, -0.2) is 0 Å². The van der Waals surface area contributed by atoms with Crippen LogP contribution in [-0.2, 0) is 6.54 Å². The zero-order chi connectivity index (χ0) is 16.2. The highest BCUT2D eigenvalue weighted by molar-refractivity contribution is 7.13. The summed E-state index contributed by atoms with van der Waals surface area (Å²) in [6.45, 7) is 4.50. The molecule has 0 aliphatic carbocycles. The molecule has 0 aliphatic rings. The van der Waals surface area contributed by atoms with Gasteiger partial charge in [0.25, 0.3) is 0 Å². The van der Waals surface area contributed by atoms with Crippen molar-refractivity contribution in [1.82, 2.24) is 0 Å². The Morgan fingerprint density at radius 1 is 1.13 bits per heavy atom. The number of rotatable bonds is 5. The fourth-order valence-corrected chi connectivity index (χ4v) is 3.35. The number of hydrogen-bond donors (Lipinski definition) is 1. The van der Waals surface area contributed by atoms with Crippen molar-refractivity contribution in [2.45, 2.75) is 6.54 Å². The highest BCUT2D eigenvalue weighted by atomic mass is 35.5. The Labute approximate surface area is 143 Å². The van der Waals surface area contributed by atoms with Crippen molar-refractivity contribution in [3.05, 3.63) is 77.4 Å². The molecule has 1 N–H and O–H groups in total. The molecule has 5 heteroatoms. The van der Waals surface area contributed by atoms with Crippen LogP contribution in [0.4, 0.5) is 15.2 Å². The van der Waals surface area contributed by atoms with Gasteiger partial charge in [0.2, 0.25) is 0 Å². The number of hydrogen-bond acceptors (Lipinski definition) is 2. The predicted octanol–water partition coefficient (Wildman–Crippen LogP) is 5.42. The summed E-state index contributed by atoms with van der Waals surface area (Å²) in [5.41, 5.74) is 3.00. The lowest BCUT2D eigenvalue weighted by Gasteiger charge is -2.04. The Hall–Kier alpha value is -2.17. The van der Waals surface area contributed by atoms with Gasteiger partial charge in [0.1, 0.15) is 23.7 Å². The number of thiazole rings is 1. The summed E-state index contributed by atoms with van der Waals surface area (Å²) >= 11 is 7.55. The van der Waals surface area contributed by atoms with Crippen LogP contribution in [0.25, 0.3) is 11.3 Å². The largest absolute Gasteiger partial charge is 0.339 e. The van der Waals surface area contributed by atoms with Gasteiger partial charge in [-0.3, -0.25) is 0 Å². The Morgan fingerprint density at radius 3 is 2.48 bits per heavy atom. The Morgan fingerprint density at radius 2 is 1.83 bits per heavy atom. The summed E-state index contributed by atoms with van der Waals surface area (Å²) in [6, 6.07) is 14.0. The average Bonchev–Trinajstić information content (AvgIpc) is 2.94. The maximum Gasteiger partial charge on any atom is 0.339 e. The first-order valence-corrected chi connectivity index (χ1v) is 8.34. The number of anilines is 2. The minimum Gasteiger partial charge on any atom is -0.231 e. The first kappa shape index (κ1) is 15.7. The quantitative estimate of drug-likeness (QED) is 0.482. The third-order valence-corrected chi connectivity index (χ3v) is 4.50. The predicted molar refractivity (Wildman–Crippen MR) is 94.8 cm³/mol. The van der Waals surface area contributed by atoms with Gasteiger partial charge in [-0.15, -0.1) is 0 Å². The Balaban J connectivity index is 1.96. The number of nitrogens with zero attached hydrogens (tertiary/aromatic N) is 1. The average molecular weight is 346 g/mol. The van der Waals surface area contributed by atoms with Crippen LogP contribution in [0.3, 0.4) is 0 Å². The number of benzene rings is 2. The van der Waals surface area contributed by atoms with E-state index in [1.807, 2.05) is 30.3 Å². The Kier molecular flexibility index (Phi) is 4.74. The van der Waals surface area contributed by atoms with Crippen molar-refractivity contribution < 1.29 is 8.96 Å². The number of halogens is 2. The highest BCUT2D eigenvalue weighted by Crippen LogP contribution is 2.26. The van der Waals surface area contributed by atoms with Crippen molar-refractivity contribution in [2.24, 2.45) is 0 Å². The first-order chi connectivity index (χ1) is 11.2. The van der Waals surface area contributed by atoms with Gasteiger partial charge in [0.15, 0.2) is 0 Å². The van der Waals surface area contributed by atoms with E-state index in [-0.39, 0.29) is 5.82 Å². The van der Waals surface area contributed by atoms with Crippen molar-refractivity contribution in [3.8, 4) is 11.3 Å². The first-order valence-electron chi connectivity index (χ1n) is 7.08. The van der Waals surface area contributed by atoms with Gasteiger partial charge in [0.05, 0.1) is 0 Å². The second kappa shape index (κ2) is 6.94. The highest BCUT2D eigenvalue weighted by Gasteiger charge is 2.18. The molecule has 0 unspecified atom stereocenters. The molecule has 0 fully saturated rings. The van der Waals surface area contributed by atoms with Crippen molar-refractivity contribution in [2.75, 3.05) is 5.32 Å². The van der Waals surface area contributed by atoms with Gasteiger partial charge < -0.3 is 0 Å². The molecule has 3 aromatic rings. The van der Waals surface area contributed by atoms with Crippen molar-refractivity contribution in [3.63, 3.8) is 0 Å². The molecular weight excluding hydrogens is 331 g/mol. The molecule has 0 saturated heterocycles. The fraction of sp³-hybridized carbons (Fsp3) is 0.0556. The van der Waals surface area contributed by atoms with E-state index in [0.717, 1.165) is 22.1 Å². The molecule has 3 rings (SSSR count). The summed E-state index contributed by atoms with van der Waals surface area (Å²) in [5, 5.41) is 7.08. The van der Waals surface area contributed by atoms with Crippen LogP contribution in [0.1, 0.15) is 0 Å². The minimum absolute atomic E-state index is 0.248. The molecule has 0 spiro atoms. The summed E-state index contributed by atoms with van der Waals surface area (Å²) in [6.07, 6.45) is 1.85. The van der Waals surface area contributed by atoms with Gasteiger partial charge in [0, 0.05) is 16.0 Å². The molecule has 23 heavy (non-hydrogen) atoms. The molecular formula is C18H15ClFN2S+. The SMILES string of the molecule is C=CC[n+]1c(-c2ccc(Cl)cc2)csc1Nc1ccc(F)cc1. The molecule has 0 saturated carbocycles. The summed E-state index contributed by atoms with van der Waals surface area (Å²) in [7, 11) is 0. The van der Waals surface area contributed by atoms with E-state index in [2.05, 4.69) is 21.8 Å². The van der Waals surface area contributed by atoms with Crippen molar-refractivity contribution >= 4 is 33.8 Å². The zero-order valence-electron chi connectivity index (χ0n) is 12.3. The molecule has 0 atom stereocenters. The number of allylic oxidation sites excluding steroid dienone is 1. The molecule has 1 heterocycles. The second-order valence-electron chi connectivity index (χ2n) is 4.96. The van der Waals surface area contributed by atoms with E-state index in [9.17, 15) is 4.39 Å². The topological polar surface area (TPSA) is 15.9 Å². The minimum atomic E-state index is -0.248. The monoisotopic (exact) mass is 345 g/mol. The Bertz CT molecular complexity index is 810. The standard InChI is InChI=1S/C18H14ClFN2S/c1-2-11-22-17(13-3-5-14(19)6-4-13)12-23-18(22)21-16-9-7-15(20)8-10-16/h2-10,12H,1,11H2/p+1. The second-order valence-corrected chi connectivity index (χ2v) is 6.26. The summed E-state index contributed by atoms with van der Waals surface area (Å²) < 4.78 is 15.2. The maximum atomic E-state index is 13.0. The van der Waals surface area contributed by atoms with Gasteiger partial charge >= 0.3 is 5.13 Å². The zero-order valence-corrected chi connectivity index (χ0v) is 13.9. The third kappa shape index (κ3) is 3.60.